The van der Waals surface area contributed by atoms with E-state index >= 15 is 0 Å². The zero-order chi connectivity index (χ0) is 49.6. The minimum absolute atomic E-state index is 0.786. The van der Waals surface area contributed by atoms with Crippen molar-refractivity contribution in [2.75, 3.05) is 27.2 Å². The van der Waals surface area contributed by atoms with Crippen molar-refractivity contribution in [1.82, 2.24) is 0 Å². The lowest BCUT2D eigenvalue weighted by atomic mass is 9.82. The molecule has 3 nitrogen and oxygen atoms in total. The Labute approximate surface area is 308 Å². The van der Waals surface area contributed by atoms with Crippen molar-refractivity contribution in [2.45, 2.75) is 114 Å². The second-order valence-electron chi connectivity index (χ2n) is 12.9. The molecular weight excluding hydrogens is 961 g/mol. The van der Waals surface area contributed by atoms with Gasteiger partial charge in [-0.05, 0) is 12.8 Å². The maximum Gasteiger partial charge on any atom is 0.460 e. The van der Waals surface area contributed by atoms with Gasteiger partial charge in [0.2, 0.25) is 0 Å². The molecule has 0 atom stereocenters. The predicted octanol–water partition coefficient (Wildman–Crippen LogP) is 10.1. The second kappa shape index (κ2) is 14.9. The molecule has 36 heteroatoms. The Balaban J connectivity index is 7.40. The molecule has 0 spiro atoms. The average molecular weight is 977 g/mol. The minimum atomic E-state index is -10.2. The van der Waals surface area contributed by atoms with Crippen molar-refractivity contribution in [3.8, 4) is 0 Å². The Morgan fingerprint density at radius 1 is 0.350 bits per heavy atom. The molecule has 0 bridgehead atoms. The molecule has 0 aromatic carbocycles. The van der Waals surface area contributed by atoms with Crippen molar-refractivity contribution >= 4 is 5.97 Å². The van der Waals surface area contributed by atoms with E-state index in [-0.39, 0.29) is 0 Å². The molecule has 0 aliphatic rings. The normalized spacial score (nSPS) is 16.7. The number of hydrogen-bond donors (Lipinski definition) is 0. The van der Waals surface area contributed by atoms with Crippen LogP contribution >= 0.6 is 0 Å². The van der Waals surface area contributed by atoms with Crippen LogP contribution in [0.3, 0.4) is 0 Å². The monoisotopic (exact) mass is 977 g/mol. The summed E-state index contributed by atoms with van der Waals surface area (Å²) >= 11 is 0. The molecule has 0 aliphatic carbocycles. The van der Waals surface area contributed by atoms with Crippen LogP contribution in [-0.2, 0) is 4.79 Å². The molecule has 0 aromatic heterocycles. The summed E-state index contributed by atoms with van der Waals surface area (Å²) in [5, 5.41) is 10.6. The summed E-state index contributed by atoms with van der Waals surface area (Å²) in [7, 11) is 1.81. The number of hydrogen-bond acceptors (Lipinski definition) is 2. The van der Waals surface area contributed by atoms with E-state index in [4.69, 9.17) is 0 Å². The quantitative estimate of drug-likeness (QED) is 0.0654. The summed E-state index contributed by atoms with van der Waals surface area (Å²) in [6.45, 7) is -1.82. The highest BCUT2D eigenvalue weighted by atomic mass is 19.4. The molecule has 0 fully saturated rings. The van der Waals surface area contributed by atoms with Gasteiger partial charge < -0.3 is 14.4 Å². The zero-order valence-corrected chi connectivity index (χ0v) is 27.8. The number of quaternary nitrogens is 1. The molecule has 0 heterocycles. The van der Waals surface area contributed by atoms with Gasteiger partial charge in [-0.25, -0.2) is 0 Å². The van der Waals surface area contributed by atoms with Crippen LogP contribution in [0.15, 0.2) is 0 Å². The summed E-state index contributed by atoms with van der Waals surface area (Å²) in [6.07, 6.45) is -14.2. The third-order valence-corrected chi connectivity index (χ3v) is 8.00. The number of halogens is 33. The smallest absolute Gasteiger partial charge is 0.460 e. The van der Waals surface area contributed by atoms with Crippen molar-refractivity contribution in [2.24, 2.45) is 0 Å². The van der Waals surface area contributed by atoms with Crippen LogP contribution in [0.4, 0.5) is 145 Å². The topological polar surface area (TPSA) is 40.1 Å². The molecule has 0 rings (SSSR count). The van der Waals surface area contributed by atoms with E-state index in [0.29, 0.717) is 0 Å². The molecule has 0 aromatic rings. The van der Waals surface area contributed by atoms with Gasteiger partial charge in [0.05, 0.1) is 26.6 Å². The first kappa shape index (κ1) is 57.1. The van der Waals surface area contributed by atoms with Gasteiger partial charge in [-0.15, -0.1) is 0 Å². The predicted molar refractivity (Wildman–Crippen MR) is 121 cm³/mol. The Morgan fingerprint density at radius 3 is 0.750 bits per heavy atom. The molecule has 0 saturated heterocycles. The molecule has 0 amide bonds. The standard InChI is InChI=1S/C24H16F33NO2/c1-58(2,7-8(59)60)6-4-3-5-9(25,26)10(27,28)11(29,30)12(31,32)13(33,34)14(35,36)15(37,38)16(39,40)17(41,42)18(43,44)19(45,46)20(47,48)21(49,50)22(51,52)23(53,54)24(55,56)57/h3-7H2,1-2H3. The van der Waals surface area contributed by atoms with Gasteiger partial charge in [0.1, 0.15) is 6.54 Å². The lowest BCUT2D eigenvalue weighted by Gasteiger charge is -2.47. The Morgan fingerprint density at radius 2 is 0.550 bits per heavy atom. The first-order valence-corrected chi connectivity index (χ1v) is 14.1. The molecule has 360 valence electrons. The van der Waals surface area contributed by atoms with Crippen LogP contribution in [0.5, 0.6) is 0 Å². The van der Waals surface area contributed by atoms with E-state index in [2.05, 4.69) is 0 Å². The van der Waals surface area contributed by atoms with E-state index < -0.39 is 138 Å². The Bertz CT molecular complexity index is 1540. The number of alkyl halides is 33. The lowest BCUT2D eigenvalue weighted by molar-refractivity contribution is -0.885. The van der Waals surface area contributed by atoms with Gasteiger partial charge in [-0.2, -0.15) is 145 Å². The van der Waals surface area contributed by atoms with E-state index in [1.807, 2.05) is 0 Å². The van der Waals surface area contributed by atoms with Crippen LogP contribution in [0, 0.1) is 0 Å². The Kier molecular flexibility index (Phi) is 14.1. The van der Waals surface area contributed by atoms with Gasteiger partial charge in [-0.3, -0.25) is 0 Å². The van der Waals surface area contributed by atoms with Crippen LogP contribution < -0.4 is 5.11 Å². The molecule has 0 unspecified atom stereocenters. The van der Waals surface area contributed by atoms with Crippen LogP contribution in [0.25, 0.3) is 0 Å². The second-order valence-corrected chi connectivity index (χ2v) is 12.9. The summed E-state index contributed by atoms with van der Waals surface area (Å²) in [5.41, 5.74) is 0. The highest BCUT2D eigenvalue weighted by molar-refractivity contribution is 5.65. The number of carbonyl (C=O) groups excluding carboxylic acids is 1. The zero-order valence-electron chi connectivity index (χ0n) is 27.8. The van der Waals surface area contributed by atoms with E-state index in [0.717, 1.165) is 14.1 Å². The SMILES string of the molecule is C[N+](C)(CCCCC(F)(F)C(F)(F)C(F)(F)C(F)(F)C(F)(F)C(F)(F)C(F)(F)C(F)(F)C(F)(F)C(F)(F)C(F)(F)C(F)(F)C(F)(F)C(F)(F)C(F)(F)C(F)(F)F)CC(=O)[O-]. The number of rotatable bonds is 21. The van der Waals surface area contributed by atoms with Crippen LogP contribution in [0.2, 0.25) is 0 Å². The highest BCUT2D eigenvalue weighted by Crippen LogP contribution is 2.70. The molecule has 0 aliphatic heterocycles. The van der Waals surface area contributed by atoms with Crippen LogP contribution in [-0.4, -0.2) is 133 Å². The molecule has 0 N–H and O–H groups in total. The molecule has 60 heavy (non-hydrogen) atoms. The van der Waals surface area contributed by atoms with E-state index in [1.165, 1.54) is 0 Å². The van der Waals surface area contributed by atoms with Crippen molar-refractivity contribution < 1.29 is 159 Å². The number of unbranched alkanes of at least 4 members (excludes halogenated alkanes) is 1. The summed E-state index contributed by atoms with van der Waals surface area (Å²) in [6, 6.07) is 0. The number of carboxylic acid groups (broad SMARTS) is 1. The largest absolute Gasteiger partial charge is 0.544 e. The minimum Gasteiger partial charge on any atom is -0.544 e. The number of nitrogens with zero attached hydrogens (tertiary/aromatic N) is 1. The molecule has 0 radical (unpaired) electrons. The maximum absolute atomic E-state index is 14.1. The van der Waals surface area contributed by atoms with Crippen LogP contribution in [0.1, 0.15) is 19.3 Å². The van der Waals surface area contributed by atoms with Gasteiger partial charge in [-0.1, -0.05) is 0 Å². The van der Waals surface area contributed by atoms with Crippen molar-refractivity contribution in [1.29, 1.82) is 0 Å². The number of likely N-dealkylation sites (N-methyl/N-ethyl adjacent to an activating group) is 1. The molecule has 0 saturated carbocycles. The summed E-state index contributed by atoms with van der Waals surface area (Å²) < 4.78 is 451. The van der Waals surface area contributed by atoms with Gasteiger partial charge >= 0.3 is 95.0 Å². The molecular formula is C24H16F33NO2. The van der Waals surface area contributed by atoms with Gasteiger partial charge in [0.25, 0.3) is 0 Å². The number of carboxylic acids is 1. The number of carbonyl (C=O) groups is 1. The van der Waals surface area contributed by atoms with Crippen molar-refractivity contribution in [3.63, 3.8) is 0 Å². The fourth-order valence-electron chi connectivity index (χ4n) is 4.25. The fraction of sp³-hybridized carbons (Fsp3) is 0.958. The summed E-state index contributed by atoms with van der Waals surface area (Å²) in [5.74, 6) is -145. The third kappa shape index (κ3) is 7.56. The average Bonchev–Trinajstić information content (AvgIpc) is 3.00. The highest BCUT2D eigenvalue weighted by Gasteiger charge is 3.01. The van der Waals surface area contributed by atoms with Crippen molar-refractivity contribution in [3.05, 3.63) is 0 Å². The van der Waals surface area contributed by atoms with E-state index in [1.54, 1.807) is 0 Å². The fourth-order valence-corrected chi connectivity index (χ4v) is 4.25. The Hall–Kier alpha value is -2.88. The van der Waals surface area contributed by atoms with Gasteiger partial charge in [0.15, 0.2) is 0 Å². The first-order chi connectivity index (χ1) is 25.4. The summed E-state index contributed by atoms with van der Waals surface area (Å²) in [4.78, 5) is 10.6. The lowest BCUT2D eigenvalue weighted by Crippen LogP contribution is -2.80. The third-order valence-electron chi connectivity index (χ3n) is 8.00. The van der Waals surface area contributed by atoms with Gasteiger partial charge in [0, 0.05) is 6.42 Å². The number of aliphatic carboxylic acids is 1. The first-order valence-electron chi connectivity index (χ1n) is 14.1. The maximum atomic E-state index is 14.1. The van der Waals surface area contributed by atoms with E-state index in [9.17, 15) is 155 Å².